The third kappa shape index (κ3) is 5.38. The van der Waals surface area contributed by atoms with Crippen molar-refractivity contribution in [2.24, 2.45) is 7.05 Å². The highest BCUT2D eigenvalue weighted by Gasteiger charge is 2.25. The third-order valence-corrected chi connectivity index (χ3v) is 5.69. The predicted octanol–water partition coefficient (Wildman–Crippen LogP) is 1.70. The molecule has 1 unspecified atom stereocenters. The molecule has 27 heavy (non-hydrogen) atoms. The fourth-order valence-electron chi connectivity index (χ4n) is 2.68. The van der Waals surface area contributed by atoms with Gasteiger partial charge in [0.1, 0.15) is 6.04 Å². The van der Waals surface area contributed by atoms with Crippen molar-refractivity contribution in [2.45, 2.75) is 44.2 Å². The van der Waals surface area contributed by atoms with E-state index >= 15 is 0 Å². The predicted molar refractivity (Wildman–Crippen MR) is 105 cm³/mol. The standard InChI is InChI=1S/C18H27N5O3S/c1-12-7-8-14(9-15(12)27(25,26)22-18(2,3)4)21-17(24)16(19-5)13-10-20-23(6)11-13/h7-11,16,19,22H,1-6H3,(H,21,24). The molecule has 0 aliphatic heterocycles. The summed E-state index contributed by atoms with van der Waals surface area (Å²) in [4.78, 5) is 12.8. The molecule has 0 bridgehead atoms. The summed E-state index contributed by atoms with van der Waals surface area (Å²) in [5.74, 6) is -0.304. The Morgan fingerprint density at radius 1 is 1.26 bits per heavy atom. The molecule has 1 atom stereocenters. The lowest BCUT2D eigenvalue weighted by molar-refractivity contribution is -0.118. The number of sulfonamides is 1. The molecule has 148 valence electrons. The number of anilines is 1. The average molecular weight is 394 g/mol. The highest BCUT2D eigenvalue weighted by molar-refractivity contribution is 7.89. The second kappa shape index (κ2) is 7.79. The number of amides is 1. The van der Waals surface area contributed by atoms with Crippen LogP contribution >= 0.6 is 0 Å². The van der Waals surface area contributed by atoms with Gasteiger partial charge in [-0.2, -0.15) is 5.10 Å². The van der Waals surface area contributed by atoms with E-state index in [1.807, 2.05) is 0 Å². The van der Waals surface area contributed by atoms with Crippen molar-refractivity contribution in [1.82, 2.24) is 19.8 Å². The lowest BCUT2D eigenvalue weighted by atomic mass is 10.1. The molecule has 0 aliphatic rings. The quantitative estimate of drug-likeness (QED) is 0.693. The van der Waals surface area contributed by atoms with E-state index in [9.17, 15) is 13.2 Å². The number of carbonyl (C=O) groups excluding carboxylic acids is 1. The molecule has 8 nitrogen and oxygen atoms in total. The van der Waals surface area contributed by atoms with Crippen LogP contribution in [0.2, 0.25) is 0 Å². The zero-order valence-electron chi connectivity index (χ0n) is 16.5. The van der Waals surface area contributed by atoms with E-state index in [1.54, 1.807) is 71.0 Å². The van der Waals surface area contributed by atoms with Gasteiger partial charge in [-0.25, -0.2) is 13.1 Å². The van der Waals surface area contributed by atoms with E-state index in [2.05, 4.69) is 20.5 Å². The molecule has 3 N–H and O–H groups in total. The molecule has 0 saturated heterocycles. The minimum Gasteiger partial charge on any atom is -0.324 e. The lowest BCUT2D eigenvalue weighted by Crippen LogP contribution is -2.40. The van der Waals surface area contributed by atoms with E-state index in [-0.39, 0.29) is 10.8 Å². The summed E-state index contributed by atoms with van der Waals surface area (Å²) >= 11 is 0. The van der Waals surface area contributed by atoms with Gasteiger partial charge < -0.3 is 10.6 Å². The molecule has 0 spiro atoms. The van der Waals surface area contributed by atoms with E-state index < -0.39 is 21.6 Å². The summed E-state index contributed by atoms with van der Waals surface area (Å²) in [5.41, 5.74) is 1.11. The lowest BCUT2D eigenvalue weighted by Gasteiger charge is -2.21. The van der Waals surface area contributed by atoms with Gasteiger partial charge in [-0.05, 0) is 52.4 Å². The normalized spacial score (nSPS) is 13.4. The Morgan fingerprint density at radius 3 is 2.44 bits per heavy atom. The molecule has 9 heteroatoms. The number of likely N-dealkylation sites (N-methyl/N-ethyl adjacent to an activating group) is 1. The van der Waals surface area contributed by atoms with Gasteiger partial charge >= 0.3 is 0 Å². The molecule has 0 saturated carbocycles. The second-order valence-corrected chi connectivity index (χ2v) is 9.14. The van der Waals surface area contributed by atoms with Crippen LogP contribution in [0.3, 0.4) is 0 Å². The Kier molecular flexibility index (Phi) is 6.08. The van der Waals surface area contributed by atoms with Crippen LogP contribution in [-0.4, -0.2) is 36.7 Å². The Labute approximate surface area is 160 Å². The van der Waals surface area contributed by atoms with E-state index in [0.717, 1.165) is 0 Å². The van der Waals surface area contributed by atoms with Gasteiger partial charge in [0.2, 0.25) is 15.9 Å². The minimum atomic E-state index is -3.71. The summed E-state index contributed by atoms with van der Waals surface area (Å²) in [5, 5.41) is 9.79. The Bertz CT molecular complexity index is 929. The number of aromatic nitrogens is 2. The fraction of sp³-hybridized carbons (Fsp3) is 0.444. The SMILES string of the molecule is CNC(C(=O)Nc1ccc(C)c(S(=O)(=O)NC(C)(C)C)c1)c1cnn(C)c1. The first-order chi connectivity index (χ1) is 12.4. The van der Waals surface area contributed by atoms with Gasteiger partial charge in [0.15, 0.2) is 0 Å². The molecule has 2 rings (SSSR count). The zero-order valence-corrected chi connectivity index (χ0v) is 17.3. The Hall–Kier alpha value is -2.23. The maximum atomic E-state index is 12.7. The average Bonchev–Trinajstić information content (AvgIpc) is 2.93. The van der Waals surface area contributed by atoms with Gasteiger partial charge in [-0.3, -0.25) is 9.48 Å². The van der Waals surface area contributed by atoms with E-state index in [1.165, 1.54) is 6.07 Å². The molecular formula is C18H27N5O3S. The van der Waals surface area contributed by atoms with Crippen LogP contribution in [0.25, 0.3) is 0 Å². The summed E-state index contributed by atoms with van der Waals surface area (Å²) in [6.07, 6.45) is 3.36. The number of carbonyl (C=O) groups is 1. The number of nitrogens with one attached hydrogen (secondary N) is 3. The summed E-state index contributed by atoms with van der Waals surface area (Å²) < 4.78 is 29.6. The molecule has 1 aromatic heterocycles. The van der Waals surface area contributed by atoms with Gasteiger partial charge in [0.05, 0.1) is 11.1 Å². The Morgan fingerprint density at radius 2 is 1.93 bits per heavy atom. The van der Waals surface area contributed by atoms with Crippen LogP contribution in [0.15, 0.2) is 35.5 Å². The molecule has 1 heterocycles. The van der Waals surface area contributed by atoms with Crippen molar-refractivity contribution in [2.75, 3.05) is 12.4 Å². The highest BCUT2D eigenvalue weighted by atomic mass is 32.2. The van der Waals surface area contributed by atoms with Crippen molar-refractivity contribution < 1.29 is 13.2 Å². The number of nitrogens with zero attached hydrogens (tertiary/aromatic N) is 2. The van der Waals surface area contributed by atoms with Gasteiger partial charge in [0.25, 0.3) is 0 Å². The number of hydrogen-bond donors (Lipinski definition) is 3. The monoisotopic (exact) mass is 393 g/mol. The molecule has 1 amide bonds. The van der Waals surface area contributed by atoms with Crippen molar-refractivity contribution >= 4 is 21.6 Å². The van der Waals surface area contributed by atoms with Crippen LogP contribution in [-0.2, 0) is 21.9 Å². The first kappa shape index (κ1) is 21.1. The van der Waals surface area contributed by atoms with Crippen molar-refractivity contribution in [3.63, 3.8) is 0 Å². The van der Waals surface area contributed by atoms with Gasteiger partial charge in [0, 0.05) is 30.0 Å². The third-order valence-electron chi connectivity index (χ3n) is 3.79. The van der Waals surface area contributed by atoms with E-state index in [4.69, 9.17) is 0 Å². The molecule has 1 aromatic carbocycles. The molecular weight excluding hydrogens is 366 g/mol. The summed E-state index contributed by atoms with van der Waals surface area (Å²) in [6, 6.07) is 4.22. The van der Waals surface area contributed by atoms with Gasteiger partial charge in [-0.1, -0.05) is 6.07 Å². The largest absolute Gasteiger partial charge is 0.324 e. The minimum absolute atomic E-state index is 0.137. The van der Waals surface area contributed by atoms with Crippen molar-refractivity contribution in [3.8, 4) is 0 Å². The number of aryl methyl sites for hydroxylation is 2. The van der Waals surface area contributed by atoms with E-state index in [0.29, 0.717) is 16.8 Å². The summed E-state index contributed by atoms with van der Waals surface area (Å²) in [6.45, 7) is 7.04. The van der Waals surface area contributed by atoms with Gasteiger partial charge in [-0.15, -0.1) is 0 Å². The molecule has 0 fully saturated rings. The number of hydrogen-bond acceptors (Lipinski definition) is 5. The zero-order chi connectivity index (χ0) is 20.4. The molecule has 2 aromatic rings. The van der Waals surface area contributed by atoms with Crippen LogP contribution in [0.1, 0.15) is 37.9 Å². The first-order valence-corrected chi connectivity index (χ1v) is 10.0. The van der Waals surface area contributed by atoms with Crippen LogP contribution in [0, 0.1) is 6.92 Å². The maximum absolute atomic E-state index is 12.7. The van der Waals surface area contributed by atoms with Crippen molar-refractivity contribution in [3.05, 3.63) is 41.7 Å². The number of rotatable bonds is 6. The van der Waals surface area contributed by atoms with Crippen LogP contribution in [0.5, 0.6) is 0 Å². The topological polar surface area (TPSA) is 105 Å². The first-order valence-electron chi connectivity index (χ1n) is 8.54. The smallest absolute Gasteiger partial charge is 0.246 e. The number of benzene rings is 1. The van der Waals surface area contributed by atoms with Crippen LogP contribution < -0.4 is 15.4 Å². The molecule has 0 aliphatic carbocycles. The second-order valence-electron chi connectivity index (χ2n) is 7.49. The van der Waals surface area contributed by atoms with Crippen molar-refractivity contribution in [1.29, 1.82) is 0 Å². The van der Waals surface area contributed by atoms with Crippen LogP contribution in [0.4, 0.5) is 5.69 Å². The summed E-state index contributed by atoms with van der Waals surface area (Å²) in [7, 11) is -0.264. The highest BCUT2D eigenvalue weighted by Crippen LogP contribution is 2.23. The molecule has 0 radical (unpaired) electrons. The fourth-order valence-corrected chi connectivity index (χ4v) is 4.37. The Balaban J connectivity index is 2.28. The maximum Gasteiger partial charge on any atom is 0.246 e.